The Morgan fingerprint density at radius 2 is 2.22 bits per heavy atom. The van der Waals surface area contributed by atoms with Crippen LogP contribution in [0, 0.1) is 11.3 Å². The molecule has 1 aromatic carbocycles. The SMILES string of the molecule is COCCN(CCO)c1ccc(CN)cc1C#N. The Labute approximate surface area is 107 Å². The normalized spacial score (nSPS) is 10.1. The van der Waals surface area contributed by atoms with Gasteiger partial charge in [0.05, 0.1) is 24.5 Å². The molecule has 0 bridgehead atoms. The van der Waals surface area contributed by atoms with Gasteiger partial charge in [0.25, 0.3) is 0 Å². The molecule has 18 heavy (non-hydrogen) atoms. The average Bonchev–Trinajstić information content (AvgIpc) is 2.42. The summed E-state index contributed by atoms with van der Waals surface area (Å²) in [6.07, 6.45) is 0. The largest absolute Gasteiger partial charge is 0.395 e. The van der Waals surface area contributed by atoms with E-state index in [9.17, 15) is 0 Å². The number of benzene rings is 1. The molecule has 0 saturated carbocycles. The first-order valence-electron chi connectivity index (χ1n) is 5.84. The highest BCUT2D eigenvalue weighted by atomic mass is 16.5. The van der Waals surface area contributed by atoms with Gasteiger partial charge in [0.1, 0.15) is 6.07 Å². The molecule has 98 valence electrons. The summed E-state index contributed by atoms with van der Waals surface area (Å²) in [4.78, 5) is 1.93. The molecule has 5 heteroatoms. The smallest absolute Gasteiger partial charge is 0.101 e. The van der Waals surface area contributed by atoms with Gasteiger partial charge in [-0.3, -0.25) is 0 Å². The van der Waals surface area contributed by atoms with Crippen LogP contribution in [-0.2, 0) is 11.3 Å². The number of nitrogens with two attached hydrogens (primary N) is 1. The summed E-state index contributed by atoms with van der Waals surface area (Å²) in [5.41, 5.74) is 7.86. The zero-order valence-corrected chi connectivity index (χ0v) is 10.6. The van der Waals surface area contributed by atoms with Crippen LogP contribution in [0.5, 0.6) is 0 Å². The van der Waals surface area contributed by atoms with Gasteiger partial charge in [-0.25, -0.2) is 0 Å². The predicted octanol–water partition coefficient (Wildman–Crippen LogP) is 0.462. The van der Waals surface area contributed by atoms with E-state index in [1.807, 2.05) is 17.0 Å². The third-order valence-corrected chi connectivity index (χ3v) is 2.69. The Bertz CT molecular complexity index is 415. The molecule has 5 nitrogen and oxygen atoms in total. The lowest BCUT2D eigenvalue weighted by Gasteiger charge is -2.24. The van der Waals surface area contributed by atoms with Crippen molar-refractivity contribution < 1.29 is 9.84 Å². The standard InChI is InChI=1S/C13H19N3O2/c1-18-7-5-16(4-6-17)13-3-2-11(9-14)8-12(13)10-15/h2-3,8,17H,4-7,9,14H2,1H3. The molecule has 0 unspecified atom stereocenters. The number of nitrogens with zero attached hydrogens (tertiary/aromatic N) is 2. The minimum Gasteiger partial charge on any atom is -0.395 e. The lowest BCUT2D eigenvalue weighted by molar-refractivity contribution is 0.203. The van der Waals surface area contributed by atoms with Gasteiger partial charge in [-0.05, 0) is 17.7 Å². The summed E-state index contributed by atoms with van der Waals surface area (Å²) in [6.45, 7) is 2.09. The maximum Gasteiger partial charge on any atom is 0.101 e. The number of nitriles is 1. The summed E-state index contributed by atoms with van der Waals surface area (Å²) >= 11 is 0. The van der Waals surface area contributed by atoms with E-state index in [0.29, 0.717) is 31.8 Å². The molecule has 0 amide bonds. The van der Waals surface area contributed by atoms with Crippen LogP contribution >= 0.6 is 0 Å². The fourth-order valence-electron chi connectivity index (χ4n) is 1.75. The number of ether oxygens (including phenoxy) is 1. The molecule has 0 aliphatic rings. The molecule has 0 heterocycles. The highest BCUT2D eigenvalue weighted by Crippen LogP contribution is 2.21. The molecular formula is C13H19N3O2. The summed E-state index contributed by atoms with van der Waals surface area (Å²) in [7, 11) is 1.62. The van der Waals surface area contributed by atoms with Crippen molar-refractivity contribution in [2.45, 2.75) is 6.54 Å². The van der Waals surface area contributed by atoms with Gasteiger partial charge in [-0.15, -0.1) is 0 Å². The molecule has 0 atom stereocenters. The van der Waals surface area contributed by atoms with E-state index in [1.54, 1.807) is 13.2 Å². The Hall–Kier alpha value is -1.61. The second-order valence-corrected chi connectivity index (χ2v) is 3.87. The highest BCUT2D eigenvalue weighted by Gasteiger charge is 2.11. The third kappa shape index (κ3) is 3.70. The van der Waals surface area contributed by atoms with Crippen LogP contribution in [0.4, 0.5) is 5.69 Å². The van der Waals surface area contributed by atoms with Crippen LogP contribution in [0.15, 0.2) is 18.2 Å². The fourth-order valence-corrected chi connectivity index (χ4v) is 1.75. The molecule has 0 fully saturated rings. The number of hydrogen-bond donors (Lipinski definition) is 2. The van der Waals surface area contributed by atoms with Crippen molar-refractivity contribution in [3.63, 3.8) is 0 Å². The van der Waals surface area contributed by atoms with Gasteiger partial charge >= 0.3 is 0 Å². The monoisotopic (exact) mass is 249 g/mol. The summed E-state index contributed by atoms with van der Waals surface area (Å²) < 4.78 is 5.03. The zero-order valence-electron chi connectivity index (χ0n) is 10.6. The molecule has 1 rings (SSSR count). The molecule has 0 aromatic heterocycles. The first-order chi connectivity index (χ1) is 8.76. The van der Waals surface area contributed by atoms with Gasteiger partial charge in [-0.2, -0.15) is 5.26 Å². The number of methoxy groups -OCH3 is 1. The molecule has 1 aromatic rings. The predicted molar refractivity (Wildman–Crippen MR) is 70.2 cm³/mol. The van der Waals surface area contributed by atoms with Gasteiger partial charge in [0, 0.05) is 26.7 Å². The van der Waals surface area contributed by atoms with E-state index in [1.165, 1.54) is 0 Å². The zero-order chi connectivity index (χ0) is 13.4. The maximum atomic E-state index is 9.17. The molecule has 0 aliphatic carbocycles. The molecule has 0 spiro atoms. The Morgan fingerprint density at radius 1 is 1.44 bits per heavy atom. The van der Waals surface area contributed by atoms with Crippen molar-refractivity contribution in [2.24, 2.45) is 5.73 Å². The van der Waals surface area contributed by atoms with E-state index in [0.717, 1.165) is 11.3 Å². The minimum atomic E-state index is 0.0349. The van der Waals surface area contributed by atoms with Gasteiger partial charge < -0.3 is 20.5 Å². The van der Waals surface area contributed by atoms with E-state index in [-0.39, 0.29) is 6.61 Å². The van der Waals surface area contributed by atoms with Gasteiger partial charge in [0.15, 0.2) is 0 Å². The second-order valence-electron chi connectivity index (χ2n) is 3.87. The number of aliphatic hydroxyl groups excluding tert-OH is 1. The Balaban J connectivity index is 2.99. The quantitative estimate of drug-likeness (QED) is 0.733. The van der Waals surface area contributed by atoms with E-state index in [4.69, 9.17) is 20.8 Å². The van der Waals surface area contributed by atoms with Crippen molar-refractivity contribution in [3.8, 4) is 6.07 Å². The number of hydrogen-bond acceptors (Lipinski definition) is 5. The maximum absolute atomic E-state index is 9.17. The van der Waals surface area contributed by atoms with Gasteiger partial charge in [0.2, 0.25) is 0 Å². The fraction of sp³-hybridized carbons (Fsp3) is 0.462. The molecular weight excluding hydrogens is 230 g/mol. The third-order valence-electron chi connectivity index (χ3n) is 2.69. The molecule has 0 aliphatic heterocycles. The van der Waals surface area contributed by atoms with E-state index in [2.05, 4.69) is 6.07 Å². The summed E-state index contributed by atoms with van der Waals surface area (Å²) in [5, 5.41) is 18.2. The first-order valence-corrected chi connectivity index (χ1v) is 5.84. The van der Waals surface area contributed by atoms with Crippen molar-refractivity contribution in [1.82, 2.24) is 0 Å². The number of aliphatic hydroxyl groups is 1. The number of anilines is 1. The van der Waals surface area contributed by atoms with Crippen molar-refractivity contribution in [1.29, 1.82) is 5.26 Å². The van der Waals surface area contributed by atoms with Crippen LogP contribution in [0.2, 0.25) is 0 Å². The molecule has 0 saturated heterocycles. The number of rotatable bonds is 7. The summed E-state index contributed by atoms with van der Waals surface area (Å²) in [5.74, 6) is 0. The molecule has 3 N–H and O–H groups in total. The van der Waals surface area contributed by atoms with E-state index >= 15 is 0 Å². The van der Waals surface area contributed by atoms with Gasteiger partial charge in [-0.1, -0.05) is 6.07 Å². The average molecular weight is 249 g/mol. The lowest BCUT2D eigenvalue weighted by Crippen LogP contribution is -2.30. The highest BCUT2D eigenvalue weighted by molar-refractivity contribution is 5.60. The Kier molecular flexibility index (Phi) is 6.15. The van der Waals surface area contributed by atoms with Crippen molar-refractivity contribution in [2.75, 3.05) is 38.3 Å². The minimum absolute atomic E-state index is 0.0349. The topological polar surface area (TPSA) is 82.5 Å². The van der Waals surface area contributed by atoms with Crippen LogP contribution in [0.25, 0.3) is 0 Å². The summed E-state index contributed by atoms with van der Waals surface area (Å²) in [6, 6.07) is 7.71. The van der Waals surface area contributed by atoms with Crippen LogP contribution in [0.3, 0.4) is 0 Å². The molecule has 0 radical (unpaired) electrons. The Morgan fingerprint density at radius 3 is 2.78 bits per heavy atom. The lowest BCUT2D eigenvalue weighted by atomic mass is 10.1. The van der Waals surface area contributed by atoms with E-state index < -0.39 is 0 Å². The van der Waals surface area contributed by atoms with Crippen molar-refractivity contribution >= 4 is 5.69 Å². The van der Waals surface area contributed by atoms with Crippen LogP contribution in [0.1, 0.15) is 11.1 Å². The van der Waals surface area contributed by atoms with Crippen molar-refractivity contribution in [3.05, 3.63) is 29.3 Å². The second kappa shape index (κ2) is 7.67. The van der Waals surface area contributed by atoms with Crippen LogP contribution in [-0.4, -0.2) is 38.5 Å². The first kappa shape index (κ1) is 14.5. The van der Waals surface area contributed by atoms with Crippen LogP contribution < -0.4 is 10.6 Å².